The Morgan fingerprint density at radius 3 is 2.90 bits per heavy atom. The maximum atomic E-state index is 12.3. The van der Waals surface area contributed by atoms with Crippen LogP contribution in [0.3, 0.4) is 0 Å². The largest absolute Gasteiger partial charge is 0.446 e. The van der Waals surface area contributed by atoms with E-state index in [1.54, 1.807) is 11.9 Å². The number of likely N-dealkylation sites (tertiary alicyclic amines) is 1. The van der Waals surface area contributed by atoms with Gasteiger partial charge < -0.3 is 25.1 Å². The second-order valence-corrected chi connectivity index (χ2v) is 5.31. The summed E-state index contributed by atoms with van der Waals surface area (Å²) < 4.78 is 5.14. The highest BCUT2D eigenvalue weighted by molar-refractivity contribution is 5.92. The van der Waals surface area contributed by atoms with Crippen molar-refractivity contribution in [3.05, 3.63) is 17.8 Å². The molecule has 1 saturated heterocycles. The highest BCUT2D eigenvalue weighted by atomic mass is 16.3. The summed E-state index contributed by atoms with van der Waals surface area (Å²) in [6.45, 7) is 1.71. The number of nitrogens with zero attached hydrogens (tertiary/aromatic N) is 3. The molecule has 0 spiro atoms. The van der Waals surface area contributed by atoms with Crippen LogP contribution in [0.15, 0.2) is 10.7 Å². The maximum absolute atomic E-state index is 12.3. The van der Waals surface area contributed by atoms with E-state index >= 15 is 0 Å². The van der Waals surface area contributed by atoms with Gasteiger partial charge in [-0.15, -0.1) is 0 Å². The number of piperidine rings is 1. The van der Waals surface area contributed by atoms with E-state index in [1.807, 2.05) is 0 Å². The molecule has 7 nitrogen and oxygen atoms in total. The monoisotopic (exact) mass is 282 g/mol. The van der Waals surface area contributed by atoms with Gasteiger partial charge in [-0.1, -0.05) is 0 Å². The molecular weight excluding hydrogens is 260 g/mol. The third-order valence-electron chi connectivity index (χ3n) is 3.81. The second-order valence-electron chi connectivity index (χ2n) is 5.31. The average Bonchev–Trinajstić information content (AvgIpc) is 2.95. The van der Waals surface area contributed by atoms with Crippen molar-refractivity contribution in [3.8, 4) is 0 Å². The third kappa shape index (κ3) is 3.17. The average molecular weight is 282 g/mol. The van der Waals surface area contributed by atoms with Gasteiger partial charge in [0.05, 0.1) is 6.61 Å². The van der Waals surface area contributed by atoms with Crippen molar-refractivity contribution in [2.75, 3.05) is 33.8 Å². The molecule has 1 aliphatic rings. The minimum Gasteiger partial charge on any atom is -0.446 e. The summed E-state index contributed by atoms with van der Waals surface area (Å²) in [7, 11) is 3.87. The number of carbonyl (C=O) groups is 1. The Hall–Kier alpha value is -1.44. The third-order valence-corrected chi connectivity index (χ3v) is 3.81. The molecule has 1 amide bonds. The highest BCUT2D eigenvalue weighted by Gasteiger charge is 2.27. The first-order valence-corrected chi connectivity index (χ1v) is 6.80. The van der Waals surface area contributed by atoms with Gasteiger partial charge in [-0.2, -0.15) is 0 Å². The summed E-state index contributed by atoms with van der Waals surface area (Å²) in [4.78, 5) is 20.4. The van der Waals surface area contributed by atoms with E-state index in [9.17, 15) is 4.79 Å². The number of hydrogen-bond acceptors (Lipinski definition) is 6. The predicted molar refractivity (Wildman–Crippen MR) is 73.1 cm³/mol. The van der Waals surface area contributed by atoms with Crippen LogP contribution in [0.4, 0.5) is 0 Å². The summed E-state index contributed by atoms with van der Waals surface area (Å²) >= 11 is 0. The maximum Gasteiger partial charge on any atom is 0.275 e. The molecule has 0 aliphatic carbocycles. The standard InChI is InChI=1S/C13H22N4O3/c1-16-5-3-9(4-6-16)17(2)13(19)11-8-20-12(15-11)10(14)7-18/h8-10,18H,3-7,14H2,1-2H3. The molecule has 1 aromatic heterocycles. The molecular formula is C13H22N4O3. The Balaban J connectivity index is 2.01. The molecule has 1 atom stereocenters. The number of oxazole rings is 1. The van der Waals surface area contributed by atoms with Gasteiger partial charge >= 0.3 is 0 Å². The molecule has 0 radical (unpaired) electrons. The van der Waals surface area contributed by atoms with Crippen LogP contribution < -0.4 is 5.73 Å². The lowest BCUT2D eigenvalue weighted by Gasteiger charge is -2.34. The van der Waals surface area contributed by atoms with Crippen LogP contribution in [0.1, 0.15) is 35.3 Å². The molecule has 112 valence electrons. The molecule has 2 heterocycles. The summed E-state index contributed by atoms with van der Waals surface area (Å²) in [6, 6.07) is -0.462. The van der Waals surface area contributed by atoms with Crippen molar-refractivity contribution in [3.63, 3.8) is 0 Å². The lowest BCUT2D eigenvalue weighted by atomic mass is 10.0. The van der Waals surface area contributed by atoms with Gasteiger partial charge in [0.2, 0.25) is 5.89 Å². The van der Waals surface area contributed by atoms with E-state index in [1.165, 1.54) is 6.26 Å². The zero-order valence-electron chi connectivity index (χ0n) is 12.0. The fraction of sp³-hybridized carbons (Fsp3) is 0.692. The number of aliphatic hydroxyl groups is 1. The molecule has 2 rings (SSSR count). The molecule has 1 unspecified atom stereocenters. The van der Waals surface area contributed by atoms with E-state index in [-0.39, 0.29) is 30.1 Å². The van der Waals surface area contributed by atoms with Crippen LogP contribution in [0.25, 0.3) is 0 Å². The van der Waals surface area contributed by atoms with E-state index in [4.69, 9.17) is 15.3 Å². The quantitative estimate of drug-likeness (QED) is 0.796. The van der Waals surface area contributed by atoms with E-state index in [0.717, 1.165) is 25.9 Å². The smallest absolute Gasteiger partial charge is 0.275 e. The van der Waals surface area contributed by atoms with Crippen LogP contribution >= 0.6 is 0 Å². The Labute approximate surface area is 118 Å². The fourth-order valence-electron chi connectivity index (χ4n) is 2.36. The number of amides is 1. The molecule has 0 saturated carbocycles. The van der Waals surface area contributed by atoms with Gasteiger partial charge in [0.25, 0.3) is 5.91 Å². The van der Waals surface area contributed by atoms with Gasteiger partial charge in [-0.25, -0.2) is 4.98 Å². The lowest BCUT2D eigenvalue weighted by molar-refractivity contribution is 0.0653. The fourth-order valence-corrected chi connectivity index (χ4v) is 2.36. The van der Waals surface area contributed by atoms with Crippen molar-refractivity contribution < 1.29 is 14.3 Å². The Morgan fingerprint density at radius 2 is 2.30 bits per heavy atom. The van der Waals surface area contributed by atoms with Crippen LogP contribution in [-0.2, 0) is 0 Å². The summed E-state index contributed by atoms with van der Waals surface area (Å²) in [5.74, 6) is 0.0207. The Bertz CT molecular complexity index is 454. The van der Waals surface area contributed by atoms with Crippen LogP contribution in [0.5, 0.6) is 0 Å². The SMILES string of the molecule is CN1CCC(N(C)C(=O)c2coc(C(N)CO)n2)CC1. The molecule has 20 heavy (non-hydrogen) atoms. The van der Waals surface area contributed by atoms with Crippen molar-refractivity contribution in [1.29, 1.82) is 0 Å². The molecule has 3 N–H and O–H groups in total. The zero-order chi connectivity index (χ0) is 14.7. The van der Waals surface area contributed by atoms with E-state index < -0.39 is 6.04 Å². The Kier molecular flexibility index (Phi) is 4.74. The van der Waals surface area contributed by atoms with Gasteiger partial charge in [-0.05, 0) is 33.0 Å². The molecule has 1 fully saturated rings. The predicted octanol–water partition coefficient (Wildman–Crippen LogP) is -0.167. The number of hydrogen-bond donors (Lipinski definition) is 2. The van der Waals surface area contributed by atoms with Crippen LogP contribution in [0, 0.1) is 0 Å². The second kappa shape index (κ2) is 6.34. The van der Waals surface area contributed by atoms with Crippen molar-refractivity contribution in [2.24, 2.45) is 5.73 Å². The van der Waals surface area contributed by atoms with E-state index in [2.05, 4.69) is 16.9 Å². The zero-order valence-corrected chi connectivity index (χ0v) is 12.0. The minimum absolute atomic E-state index is 0.167. The number of aromatic nitrogens is 1. The number of rotatable bonds is 4. The van der Waals surface area contributed by atoms with Crippen molar-refractivity contribution in [1.82, 2.24) is 14.8 Å². The Morgan fingerprint density at radius 1 is 1.65 bits per heavy atom. The first kappa shape index (κ1) is 15.0. The van der Waals surface area contributed by atoms with Crippen molar-refractivity contribution in [2.45, 2.75) is 24.9 Å². The van der Waals surface area contributed by atoms with E-state index in [0.29, 0.717) is 0 Å². The van der Waals surface area contributed by atoms with Crippen LogP contribution in [-0.4, -0.2) is 65.6 Å². The topological polar surface area (TPSA) is 95.8 Å². The summed E-state index contributed by atoms with van der Waals surface area (Å²) in [5, 5.41) is 8.95. The summed E-state index contributed by atoms with van der Waals surface area (Å²) in [5.41, 5.74) is 5.85. The van der Waals surface area contributed by atoms with Crippen LogP contribution in [0.2, 0.25) is 0 Å². The molecule has 7 heteroatoms. The normalized spacial score (nSPS) is 19.0. The minimum atomic E-state index is -0.690. The molecule has 1 aromatic rings. The first-order chi connectivity index (χ1) is 9.52. The van der Waals surface area contributed by atoms with Gasteiger partial charge in [0, 0.05) is 13.1 Å². The molecule has 0 aromatic carbocycles. The number of nitrogens with two attached hydrogens (primary N) is 1. The van der Waals surface area contributed by atoms with Gasteiger partial charge in [0.15, 0.2) is 5.69 Å². The first-order valence-electron chi connectivity index (χ1n) is 6.80. The summed E-state index contributed by atoms with van der Waals surface area (Å²) in [6.07, 6.45) is 3.22. The lowest BCUT2D eigenvalue weighted by Crippen LogP contribution is -2.44. The highest BCUT2D eigenvalue weighted by Crippen LogP contribution is 2.17. The number of carbonyl (C=O) groups excluding carboxylic acids is 1. The number of aliphatic hydroxyl groups excluding tert-OH is 1. The van der Waals surface area contributed by atoms with Gasteiger partial charge in [0.1, 0.15) is 12.3 Å². The van der Waals surface area contributed by atoms with Crippen molar-refractivity contribution >= 4 is 5.91 Å². The molecule has 0 bridgehead atoms. The molecule has 1 aliphatic heterocycles. The van der Waals surface area contributed by atoms with Gasteiger partial charge in [-0.3, -0.25) is 4.79 Å².